The molecule has 2 aromatic carbocycles. The fourth-order valence-corrected chi connectivity index (χ4v) is 3.40. The summed E-state index contributed by atoms with van der Waals surface area (Å²) in [5.74, 6) is 0.658. The summed E-state index contributed by atoms with van der Waals surface area (Å²) in [6.45, 7) is 3.70. The van der Waals surface area contributed by atoms with Gasteiger partial charge in [0.05, 0.1) is 6.61 Å². The highest BCUT2D eigenvalue weighted by molar-refractivity contribution is 5.28. The number of hydrogen-bond donors (Lipinski definition) is 2. The molecule has 0 radical (unpaired) electrons. The molecule has 1 aliphatic heterocycles. The Labute approximate surface area is 154 Å². The third-order valence-corrected chi connectivity index (χ3v) is 4.71. The summed E-state index contributed by atoms with van der Waals surface area (Å²) in [5.41, 5.74) is 1.92. The van der Waals surface area contributed by atoms with Crippen LogP contribution in [0.5, 0.6) is 5.75 Å². The lowest BCUT2D eigenvalue weighted by atomic mass is 10.0. The maximum absolute atomic E-state index is 13.9. The van der Waals surface area contributed by atoms with E-state index in [0.717, 1.165) is 49.4 Å². The Bertz CT molecular complexity index is 695. The van der Waals surface area contributed by atoms with Crippen molar-refractivity contribution in [2.24, 2.45) is 0 Å². The molecule has 1 fully saturated rings. The van der Waals surface area contributed by atoms with Crippen molar-refractivity contribution in [2.45, 2.75) is 32.0 Å². The first kappa shape index (κ1) is 18.8. The van der Waals surface area contributed by atoms with Crippen LogP contribution < -0.4 is 10.1 Å². The van der Waals surface area contributed by atoms with Crippen LogP contribution in [0.1, 0.15) is 24.0 Å². The summed E-state index contributed by atoms with van der Waals surface area (Å²) in [6.07, 6.45) is 2.25. The van der Waals surface area contributed by atoms with Gasteiger partial charge >= 0.3 is 0 Å². The monoisotopic (exact) mass is 358 g/mol. The first-order valence-corrected chi connectivity index (χ1v) is 9.26. The molecule has 2 N–H and O–H groups in total. The van der Waals surface area contributed by atoms with Crippen molar-refractivity contribution in [3.8, 4) is 5.75 Å². The van der Waals surface area contributed by atoms with Gasteiger partial charge < -0.3 is 15.2 Å². The lowest BCUT2D eigenvalue weighted by Crippen LogP contribution is -2.45. The first-order valence-electron chi connectivity index (χ1n) is 9.26. The Morgan fingerprint density at radius 1 is 1.19 bits per heavy atom. The fraction of sp³-hybridized carbons (Fsp3) is 0.429. The summed E-state index contributed by atoms with van der Waals surface area (Å²) in [6, 6.07) is 15.4. The molecule has 3 rings (SSSR count). The fourth-order valence-electron chi connectivity index (χ4n) is 3.40. The van der Waals surface area contributed by atoms with Gasteiger partial charge in [-0.2, -0.15) is 0 Å². The van der Waals surface area contributed by atoms with Crippen LogP contribution in [-0.4, -0.2) is 42.4 Å². The number of aliphatic hydroxyl groups excluding tert-OH is 1. The van der Waals surface area contributed by atoms with Crippen molar-refractivity contribution in [1.29, 1.82) is 0 Å². The van der Waals surface area contributed by atoms with E-state index in [9.17, 15) is 4.39 Å². The van der Waals surface area contributed by atoms with Gasteiger partial charge in [-0.05, 0) is 43.1 Å². The van der Waals surface area contributed by atoms with E-state index in [0.29, 0.717) is 19.2 Å². The minimum atomic E-state index is -0.123. The Balaban J connectivity index is 1.50. The average Bonchev–Trinajstić information content (AvgIpc) is 2.67. The molecule has 0 amide bonds. The average molecular weight is 358 g/mol. The second kappa shape index (κ2) is 9.67. The molecule has 0 unspecified atom stereocenters. The van der Waals surface area contributed by atoms with Gasteiger partial charge in [0.2, 0.25) is 0 Å². The smallest absolute Gasteiger partial charge is 0.127 e. The van der Waals surface area contributed by atoms with Gasteiger partial charge in [-0.1, -0.05) is 30.3 Å². The van der Waals surface area contributed by atoms with Crippen molar-refractivity contribution in [1.82, 2.24) is 10.2 Å². The molecule has 0 saturated carbocycles. The molecular formula is C21H27FN2O2. The summed E-state index contributed by atoms with van der Waals surface area (Å²) in [4.78, 5) is 2.32. The Morgan fingerprint density at radius 2 is 2.08 bits per heavy atom. The molecule has 5 heteroatoms. The van der Waals surface area contributed by atoms with E-state index in [1.807, 2.05) is 30.3 Å². The second-order valence-electron chi connectivity index (χ2n) is 6.77. The highest BCUT2D eigenvalue weighted by Crippen LogP contribution is 2.17. The number of aliphatic hydroxyl groups is 1. The summed E-state index contributed by atoms with van der Waals surface area (Å²) >= 11 is 0. The van der Waals surface area contributed by atoms with Crippen molar-refractivity contribution in [3.05, 3.63) is 65.5 Å². The van der Waals surface area contributed by atoms with E-state index < -0.39 is 0 Å². The predicted octanol–water partition coefficient (Wildman–Crippen LogP) is 2.95. The number of nitrogens with zero attached hydrogens (tertiary/aromatic N) is 1. The van der Waals surface area contributed by atoms with Gasteiger partial charge in [-0.15, -0.1) is 0 Å². The van der Waals surface area contributed by atoms with Crippen LogP contribution >= 0.6 is 0 Å². The molecule has 0 spiro atoms. The third-order valence-electron chi connectivity index (χ3n) is 4.71. The SMILES string of the molecule is OCCOc1cccc(CN[C@H]2CCCN(Cc3ccccc3F)C2)c1. The topological polar surface area (TPSA) is 44.7 Å². The minimum absolute atomic E-state index is 0.0163. The lowest BCUT2D eigenvalue weighted by Gasteiger charge is -2.33. The van der Waals surface area contributed by atoms with Crippen molar-refractivity contribution < 1.29 is 14.2 Å². The molecule has 2 aromatic rings. The number of piperidine rings is 1. The number of benzene rings is 2. The van der Waals surface area contributed by atoms with Gasteiger partial charge in [0.15, 0.2) is 0 Å². The Morgan fingerprint density at radius 3 is 2.92 bits per heavy atom. The van der Waals surface area contributed by atoms with Gasteiger partial charge in [0.25, 0.3) is 0 Å². The molecule has 140 valence electrons. The zero-order valence-electron chi connectivity index (χ0n) is 15.0. The number of ether oxygens (including phenoxy) is 1. The summed E-state index contributed by atoms with van der Waals surface area (Å²) in [5, 5.41) is 12.5. The van der Waals surface area contributed by atoms with Crippen LogP contribution in [0.2, 0.25) is 0 Å². The number of halogens is 1. The number of hydrogen-bond acceptors (Lipinski definition) is 4. The highest BCUT2D eigenvalue weighted by Gasteiger charge is 2.20. The molecule has 4 nitrogen and oxygen atoms in total. The van der Waals surface area contributed by atoms with Crippen LogP contribution in [-0.2, 0) is 13.1 Å². The number of rotatable bonds is 8. The van der Waals surface area contributed by atoms with E-state index in [1.54, 1.807) is 6.07 Å². The van der Waals surface area contributed by atoms with E-state index in [4.69, 9.17) is 9.84 Å². The minimum Gasteiger partial charge on any atom is -0.491 e. The Hall–Kier alpha value is -1.95. The lowest BCUT2D eigenvalue weighted by molar-refractivity contribution is 0.181. The Kier molecular flexibility index (Phi) is 7.00. The van der Waals surface area contributed by atoms with Gasteiger partial charge in [0, 0.05) is 31.2 Å². The third kappa shape index (κ3) is 5.53. The van der Waals surface area contributed by atoms with Crippen LogP contribution in [0.15, 0.2) is 48.5 Å². The van der Waals surface area contributed by atoms with Gasteiger partial charge in [0.1, 0.15) is 18.2 Å². The van der Waals surface area contributed by atoms with E-state index >= 15 is 0 Å². The predicted molar refractivity (Wildman–Crippen MR) is 101 cm³/mol. The first-order chi connectivity index (χ1) is 12.7. The van der Waals surface area contributed by atoms with E-state index in [-0.39, 0.29) is 12.4 Å². The van der Waals surface area contributed by atoms with Crippen LogP contribution in [0.25, 0.3) is 0 Å². The van der Waals surface area contributed by atoms with E-state index in [1.165, 1.54) is 6.07 Å². The maximum atomic E-state index is 13.9. The van der Waals surface area contributed by atoms with Crippen molar-refractivity contribution in [3.63, 3.8) is 0 Å². The quantitative estimate of drug-likeness (QED) is 0.762. The van der Waals surface area contributed by atoms with Crippen LogP contribution in [0, 0.1) is 5.82 Å². The van der Waals surface area contributed by atoms with E-state index in [2.05, 4.69) is 16.3 Å². The van der Waals surface area contributed by atoms with Gasteiger partial charge in [-0.25, -0.2) is 4.39 Å². The molecule has 0 aliphatic carbocycles. The summed E-state index contributed by atoms with van der Waals surface area (Å²) < 4.78 is 19.3. The molecule has 1 saturated heterocycles. The van der Waals surface area contributed by atoms with Crippen LogP contribution in [0.3, 0.4) is 0 Å². The summed E-state index contributed by atoms with van der Waals surface area (Å²) in [7, 11) is 0. The van der Waals surface area contributed by atoms with Crippen molar-refractivity contribution >= 4 is 0 Å². The molecular weight excluding hydrogens is 331 g/mol. The van der Waals surface area contributed by atoms with Gasteiger partial charge in [-0.3, -0.25) is 4.90 Å². The normalized spacial score (nSPS) is 18.0. The molecule has 0 aromatic heterocycles. The molecule has 1 aliphatic rings. The molecule has 26 heavy (non-hydrogen) atoms. The largest absolute Gasteiger partial charge is 0.491 e. The number of likely N-dealkylation sites (tertiary alicyclic amines) is 1. The zero-order chi connectivity index (χ0) is 18.2. The highest BCUT2D eigenvalue weighted by atomic mass is 19.1. The van der Waals surface area contributed by atoms with Crippen molar-refractivity contribution in [2.75, 3.05) is 26.3 Å². The standard InChI is InChI=1S/C21H27FN2O2/c22-21-9-2-1-6-18(21)15-24-10-4-7-19(16-24)23-14-17-5-3-8-20(13-17)26-12-11-25/h1-3,5-6,8-9,13,19,23,25H,4,7,10-12,14-16H2/t19-/m0/s1. The molecule has 1 heterocycles. The van der Waals surface area contributed by atoms with Crippen LogP contribution in [0.4, 0.5) is 4.39 Å². The maximum Gasteiger partial charge on any atom is 0.127 e. The zero-order valence-corrected chi connectivity index (χ0v) is 15.0. The second-order valence-corrected chi connectivity index (χ2v) is 6.77. The number of nitrogens with one attached hydrogen (secondary N) is 1. The molecule has 0 bridgehead atoms. The molecule has 1 atom stereocenters.